The van der Waals surface area contributed by atoms with Crippen molar-refractivity contribution in [3.63, 3.8) is 0 Å². The Morgan fingerprint density at radius 3 is 2.32 bits per heavy atom. The van der Waals surface area contributed by atoms with Crippen LogP contribution in [-0.2, 0) is 14.8 Å². The number of amides is 1. The van der Waals surface area contributed by atoms with Crippen LogP contribution in [0.3, 0.4) is 0 Å². The van der Waals surface area contributed by atoms with Gasteiger partial charge in [-0.2, -0.15) is 8.78 Å². The monoisotopic (exact) mass is 546 g/mol. The molecular weight excluding hydrogens is 526 g/mol. The van der Waals surface area contributed by atoms with Crippen molar-refractivity contribution in [2.75, 3.05) is 5.32 Å². The van der Waals surface area contributed by atoms with Crippen molar-refractivity contribution in [1.82, 2.24) is 9.55 Å². The summed E-state index contributed by atoms with van der Waals surface area (Å²) in [6.45, 7) is -1.37. The van der Waals surface area contributed by atoms with Gasteiger partial charge in [0.05, 0.1) is 26.7 Å². The molecule has 3 N–H and O–H groups in total. The third-order valence-electron chi connectivity index (χ3n) is 5.17. The van der Waals surface area contributed by atoms with Crippen molar-refractivity contribution in [3.05, 3.63) is 83.2 Å². The fourth-order valence-corrected chi connectivity index (χ4v) is 4.82. The lowest BCUT2D eigenvalue weighted by molar-refractivity contribution is -0.115. The van der Waals surface area contributed by atoms with Gasteiger partial charge in [0.2, 0.25) is 15.9 Å². The summed E-state index contributed by atoms with van der Waals surface area (Å²) in [5, 5.41) is 7.58. The summed E-state index contributed by atoms with van der Waals surface area (Å²) >= 11 is 1.02. The number of nitrogens with two attached hydrogens (primary N) is 1. The number of anilines is 1. The lowest BCUT2D eigenvalue weighted by atomic mass is 10.2. The van der Waals surface area contributed by atoms with Crippen molar-refractivity contribution in [2.24, 2.45) is 5.14 Å². The molecule has 0 saturated carbocycles. The van der Waals surface area contributed by atoms with Crippen LogP contribution in [-0.4, -0.2) is 35.7 Å². The largest absolute Gasteiger partial charge is 0.435 e. The van der Waals surface area contributed by atoms with Gasteiger partial charge in [-0.25, -0.2) is 18.5 Å². The van der Waals surface area contributed by atoms with Crippen molar-refractivity contribution >= 4 is 44.3 Å². The molecule has 0 fully saturated rings. The summed E-state index contributed by atoms with van der Waals surface area (Å²) in [6, 6.07) is 17.6. The highest BCUT2D eigenvalue weighted by atomic mass is 32.2. The molecule has 9 nitrogen and oxygen atoms in total. The highest BCUT2D eigenvalue weighted by Gasteiger charge is 2.21. The van der Waals surface area contributed by atoms with Crippen LogP contribution >= 0.6 is 11.8 Å². The number of thioether (sulfide) groups is 1. The molecule has 37 heavy (non-hydrogen) atoms. The molecule has 3 aromatic carbocycles. The number of alkyl halides is 2. The van der Waals surface area contributed by atoms with E-state index in [2.05, 4.69) is 15.0 Å². The first kappa shape index (κ1) is 26.3. The number of fused-ring (bicyclic) bond motifs is 1. The molecule has 0 aliphatic rings. The van der Waals surface area contributed by atoms with Crippen molar-refractivity contribution in [2.45, 2.75) is 28.8 Å². The highest BCUT2D eigenvalue weighted by Crippen LogP contribution is 2.27. The van der Waals surface area contributed by atoms with Gasteiger partial charge in [0.25, 0.3) is 5.56 Å². The molecule has 0 unspecified atom stereocenters. The fourth-order valence-electron chi connectivity index (χ4n) is 3.38. The first-order chi connectivity index (χ1) is 17.5. The molecule has 0 bridgehead atoms. The predicted molar refractivity (Wildman–Crippen MR) is 136 cm³/mol. The Morgan fingerprint density at radius 2 is 1.70 bits per heavy atom. The van der Waals surface area contributed by atoms with E-state index in [0.29, 0.717) is 22.3 Å². The van der Waals surface area contributed by atoms with E-state index in [0.717, 1.165) is 11.8 Å². The van der Waals surface area contributed by atoms with E-state index < -0.39 is 33.4 Å². The quantitative estimate of drug-likeness (QED) is 0.254. The second-order valence-corrected chi connectivity index (χ2v) is 10.6. The lowest BCUT2D eigenvalue weighted by Crippen LogP contribution is -2.26. The molecule has 1 amide bonds. The Hall–Kier alpha value is -3.81. The molecule has 1 atom stereocenters. The van der Waals surface area contributed by atoms with Gasteiger partial charge >= 0.3 is 6.61 Å². The van der Waals surface area contributed by atoms with Gasteiger partial charge in [-0.3, -0.25) is 14.2 Å². The number of carbonyl (C=O) groups excluding carboxylic acids is 1. The SMILES string of the molecule is C[C@@H](Sc1nc2ccccc2c(=O)n1-c1ccc(OC(F)F)cc1)C(=O)Nc1ccc(S(N)(=O)=O)cc1. The van der Waals surface area contributed by atoms with Crippen LogP contribution in [0, 0.1) is 0 Å². The number of para-hydroxylation sites is 1. The van der Waals surface area contributed by atoms with Crippen LogP contribution < -0.4 is 20.8 Å². The summed E-state index contributed by atoms with van der Waals surface area (Å²) in [5.74, 6) is -0.501. The standard InChI is InChI=1S/C24H20F2N4O5S2/c1-14(21(31)28-15-6-12-18(13-7-15)37(27,33)34)36-24-29-20-5-3-2-4-19(20)22(32)30(24)16-8-10-17(11-9-16)35-23(25)26/h2-14,23H,1H3,(H,28,31)(H2,27,33,34)/t14-/m1/s1. The molecule has 192 valence electrons. The van der Waals surface area contributed by atoms with Gasteiger partial charge in [0, 0.05) is 5.69 Å². The van der Waals surface area contributed by atoms with Crippen molar-refractivity contribution in [3.8, 4) is 11.4 Å². The number of ether oxygens (including phenoxy) is 1. The number of benzene rings is 3. The van der Waals surface area contributed by atoms with Gasteiger partial charge in [0.1, 0.15) is 5.75 Å². The Labute approximate surface area is 214 Å². The molecule has 1 heterocycles. The Balaban J connectivity index is 1.64. The second kappa shape index (κ2) is 10.7. The number of rotatable bonds is 8. The fraction of sp³-hybridized carbons (Fsp3) is 0.125. The number of carbonyl (C=O) groups is 1. The maximum Gasteiger partial charge on any atom is 0.387 e. The molecule has 0 spiro atoms. The van der Waals surface area contributed by atoms with Crippen molar-refractivity contribution < 1.29 is 26.7 Å². The van der Waals surface area contributed by atoms with Crippen LogP contribution in [0.25, 0.3) is 16.6 Å². The van der Waals surface area contributed by atoms with Crippen LogP contribution in [0.1, 0.15) is 6.92 Å². The van der Waals surface area contributed by atoms with Gasteiger partial charge < -0.3 is 10.1 Å². The summed E-state index contributed by atoms with van der Waals surface area (Å²) in [6.07, 6.45) is 0. The maximum atomic E-state index is 13.4. The summed E-state index contributed by atoms with van der Waals surface area (Å²) < 4.78 is 53.6. The maximum absolute atomic E-state index is 13.4. The van der Waals surface area contributed by atoms with E-state index >= 15 is 0 Å². The number of halogens is 2. The van der Waals surface area contributed by atoms with Crippen LogP contribution in [0.4, 0.5) is 14.5 Å². The Bertz CT molecular complexity index is 1610. The molecule has 0 aliphatic heterocycles. The average molecular weight is 547 g/mol. The minimum atomic E-state index is -3.87. The second-order valence-electron chi connectivity index (χ2n) is 7.74. The van der Waals surface area contributed by atoms with Gasteiger partial charge in [-0.1, -0.05) is 23.9 Å². The molecular formula is C24H20F2N4O5S2. The topological polar surface area (TPSA) is 133 Å². The zero-order chi connectivity index (χ0) is 26.7. The van der Waals surface area contributed by atoms with Crippen LogP contribution in [0.15, 0.2) is 87.6 Å². The number of primary sulfonamides is 1. The zero-order valence-electron chi connectivity index (χ0n) is 19.2. The summed E-state index contributed by atoms with van der Waals surface area (Å²) in [7, 11) is -3.87. The number of nitrogens with one attached hydrogen (secondary N) is 1. The van der Waals surface area contributed by atoms with Crippen LogP contribution in [0.2, 0.25) is 0 Å². The molecule has 4 rings (SSSR count). The number of hydrogen-bond donors (Lipinski definition) is 2. The van der Waals surface area contributed by atoms with Gasteiger partial charge in [-0.15, -0.1) is 0 Å². The van der Waals surface area contributed by atoms with Crippen LogP contribution in [0.5, 0.6) is 5.75 Å². The third kappa shape index (κ3) is 6.13. The first-order valence-electron chi connectivity index (χ1n) is 10.7. The Kier molecular flexibility index (Phi) is 7.57. The molecule has 0 saturated heterocycles. The smallest absolute Gasteiger partial charge is 0.387 e. The van der Waals surface area contributed by atoms with Gasteiger partial charge in [-0.05, 0) is 67.6 Å². The number of sulfonamides is 1. The van der Waals surface area contributed by atoms with E-state index in [4.69, 9.17) is 5.14 Å². The summed E-state index contributed by atoms with van der Waals surface area (Å²) in [5.41, 5.74) is 0.721. The molecule has 1 aromatic heterocycles. The van der Waals surface area contributed by atoms with E-state index in [-0.39, 0.29) is 15.8 Å². The first-order valence-corrected chi connectivity index (χ1v) is 13.1. The zero-order valence-corrected chi connectivity index (χ0v) is 20.8. The van der Waals surface area contributed by atoms with E-state index in [1.165, 1.54) is 53.1 Å². The van der Waals surface area contributed by atoms with E-state index in [1.807, 2.05) is 0 Å². The van der Waals surface area contributed by atoms with Crippen molar-refractivity contribution in [1.29, 1.82) is 0 Å². The minimum Gasteiger partial charge on any atom is -0.435 e. The van der Waals surface area contributed by atoms with E-state index in [9.17, 15) is 26.8 Å². The Morgan fingerprint density at radius 1 is 1.05 bits per heavy atom. The molecule has 0 radical (unpaired) electrons. The highest BCUT2D eigenvalue weighted by molar-refractivity contribution is 8.00. The third-order valence-corrected chi connectivity index (χ3v) is 7.15. The normalized spacial score (nSPS) is 12.5. The van der Waals surface area contributed by atoms with E-state index in [1.54, 1.807) is 31.2 Å². The predicted octanol–water partition coefficient (Wildman–Crippen LogP) is 3.75. The number of nitrogens with zero attached hydrogens (tertiary/aromatic N) is 2. The van der Waals surface area contributed by atoms with Gasteiger partial charge in [0.15, 0.2) is 5.16 Å². The molecule has 4 aromatic rings. The number of hydrogen-bond acceptors (Lipinski definition) is 7. The number of aromatic nitrogens is 2. The molecule has 13 heteroatoms. The molecule has 0 aliphatic carbocycles. The lowest BCUT2D eigenvalue weighted by Gasteiger charge is -2.17. The minimum absolute atomic E-state index is 0.0732. The summed E-state index contributed by atoms with van der Waals surface area (Å²) in [4.78, 5) is 30.7. The average Bonchev–Trinajstić information content (AvgIpc) is 2.84.